The molecular weight excluding hydrogens is 373 g/mol. The molecule has 1 unspecified atom stereocenters. The van der Waals surface area contributed by atoms with Crippen molar-refractivity contribution in [2.24, 2.45) is 10.7 Å². The molecule has 9 heteroatoms. The number of aliphatic imine (C=N–C) groups is 1. The van der Waals surface area contributed by atoms with E-state index in [1.807, 2.05) is 0 Å². The van der Waals surface area contributed by atoms with E-state index in [0.29, 0.717) is 25.3 Å². The van der Waals surface area contributed by atoms with Crippen LogP contribution in [0.4, 0.5) is 14.9 Å². The average molecular weight is 396 g/mol. The lowest BCUT2D eigenvalue weighted by atomic mass is 10.2. The summed E-state index contributed by atoms with van der Waals surface area (Å²) in [6, 6.07) is 3.78. The number of carbonyl (C=O) groups excluding carboxylic acids is 1. The molecule has 27 heavy (non-hydrogen) atoms. The van der Waals surface area contributed by atoms with Crippen LogP contribution < -0.4 is 11.1 Å². The van der Waals surface area contributed by atoms with Crippen molar-refractivity contribution in [3.05, 3.63) is 40.9 Å². The van der Waals surface area contributed by atoms with Gasteiger partial charge in [-0.1, -0.05) is 11.6 Å². The van der Waals surface area contributed by atoms with Crippen molar-refractivity contribution in [1.29, 1.82) is 0 Å². The van der Waals surface area contributed by atoms with E-state index < -0.39 is 5.82 Å². The molecular formula is C18H23ClFN5O2. The summed E-state index contributed by atoms with van der Waals surface area (Å²) in [5, 5.41) is 2.70. The number of hydrogen-bond donors (Lipinski definition) is 2. The molecule has 0 saturated carbocycles. The Kier molecular flexibility index (Phi) is 6.18. The highest BCUT2D eigenvalue weighted by Gasteiger charge is 2.29. The standard InChI is InChI=1S/C18H23ClFN5O2/c1-27-13-4-6-24(10-13)17(9-21)16-11-25(7-5-22-16)18(26)23-12-2-3-15(20)14(19)8-12/h2-3,8-9,13H,4-7,10-11,21H2,1H3,(H,23,26). The van der Waals surface area contributed by atoms with Gasteiger partial charge in [0.2, 0.25) is 0 Å². The minimum atomic E-state index is -0.528. The highest BCUT2D eigenvalue weighted by molar-refractivity contribution is 6.31. The van der Waals surface area contributed by atoms with E-state index >= 15 is 0 Å². The molecule has 2 aliphatic rings. The van der Waals surface area contributed by atoms with Gasteiger partial charge in [-0.05, 0) is 24.6 Å². The number of hydrogen-bond acceptors (Lipinski definition) is 5. The topological polar surface area (TPSA) is 83.2 Å². The molecule has 1 aromatic carbocycles. The molecule has 2 heterocycles. The molecule has 0 bridgehead atoms. The Balaban J connectivity index is 1.65. The van der Waals surface area contributed by atoms with Crippen molar-refractivity contribution < 1.29 is 13.9 Å². The first-order chi connectivity index (χ1) is 13.0. The summed E-state index contributed by atoms with van der Waals surface area (Å²) in [6.07, 6.45) is 2.64. The number of urea groups is 1. The summed E-state index contributed by atoms with van der Waals surface area (Å²) in [6.45, 7) is 2.91. The van der Waals surface area contributed by atoms with Crippen LogP contribution in [-0.2, 0) is 4.74 Å². The van der Waals surface area contributed by atoms with Crippen molar-refractivity contribution in [2.75, 3.05) is 45.2 Å². The van der Waals surface area contributed by atoms with E-state index in [1.54, 1.807) is 12.0 Å². The van der Waals surface area contributed by atoms with Gasteiger partial charge in [0.25, 0.3) is 0 Å². The number of methoxy groups -OCH3 is 1. The number of rotatable bonds is 4. The summed E-state index contributed by atoms with van der Waals surface area (Å²) >= 11 is 5.77. The fourth-order valence-electron chi connectivity index (χ4n) is 3.25. The zero-order valence-corrected chi connectivity index (χ0v) is 15.9. The van der Waals surface area contributed by atoms with Crippen LogP contribution in [-0.4, -0.2) is 67.5 Å². The Morgan fingerprint density at radius 2 is 2.26 bits per heavy atom. The molecule has 7 nitrogen and oxygen atoms in total. The second-order valence-corrected chi connectivity index (χ2v) is 6.86. The lowest BCUT2D eigenvalue weighted by Gasteiger charge is -2.30. The predicted molar refractivity (Wildman–Crippen MR) is 104 cm³/mol. The summed E-state index contributed by atoms with van der Waals surface area (Å²) < 4.78 is 18.7. The molecule has 0 spiro atoms. The maximum Gasteiger partial charge on any atom is 0.322 e. The van der Waals surface area contributed by atoms with Gasteiger partial charge in [0.1, 0.15) is 5.82 Å². The Morgan fingerprint density at radius 1 is 1.44 bits per heavy atom. The number of anilines is 1. The Bertz CT molecular complexity index is 770. The first-order valence-corrected chi connectivity index (χ1v) is 9.14. The van der Waals surface area contributed by atoms with Crippen LogP contribution >= 0.6 is 11.6 Å². The number of halogens is 2. The van der Waals surface area contributed by atoms with Gasteiger partial charge in [0.05, 0.1) is 35.6 Å². The van der Waals surface area contributed by atoms with Crippen molar-refractivity contribution in [2.45, 2.75) is 12.5 Å². The van der Waals surface area contributed by atoms with Crippen molar-refractivity contribution in [1.82, 2.24) is 9.80 Å². The molecule has 2 amide bonds. The second-order valence-electron chi connectivity index (χ2n) is 6.45. The molecule has 1 saturated heterocycles. The third-order valence-corrected chi connectivity index (χ3v) is 5.03. The number of nitrogens with one attached hydrogen (secondary N) is 1. The minimum absolute atomic E-state index is 0.0382. The molecule has 0 aromatic heterocycles. The monoisotopic (exact) mass is 395 g/mol. The number of nitrogens with two attached hydrogens (primary N) is 1. The number of likely N-dealkylation sites (tertiary alicyclic amines) is 1. The maximum absolute atomic E-state index is 13.3. The summed E-state index contributed by atoms with van der Waals surface area (Å²) in [5.41, 5.74) is 7.89. The average Bonchev–Trinajstić information content (AvgIpc) is 3.14. The molecule has 146 valence electrons. The molecule has 3 N–H and O–H groups in total. The highest BCUT2D eigenvalue weighted by atomic mass is 35.5. The molecule has 3 rings (SSSR count). The van der Waals surface area contributed by atoms with Crippen molar-refractivity contribution >= 4 is 29.0 Å². The number of benzene rings is 1. The zero-order chi connectivity index (χ0) is 19.4. The molecule has 0 aliphatic carbocycles. The van der Waals surface area contributed by atoms with Crippen LogP contribution in [0.3, 0.4) is 0 Å². The zero-order valence-electron chi connectivity index (χ0n) is 15.1. The van der Waals surface area contributed by atoms with Crippen molar-refractivity contribution in [3.8, 4) is 0 Å². The summed E-state index contributed by atoms with van der Waals surface area (Å²) in [7, 11) is 1.70. The number of carbonyl (C=O) groups is 1. The smallest absolute Gasteiger partial charge is 0.322 e. The minimum Gasteiger partial charge on any atom is -0.403 e. The van der Waals surface area contributed by atoms with E-state index in [1.165, 1.54) is 24.4 Å². The summed E-state index contributed by atoms with van der Waals surface area (Å²) in [5.74, 6) is -0.528. The number of nitrogens with zero attached hydrogens (tertiary/aromatic N) is 3. The number of ether oxygens (including phenoxy) is 1. The van der Waals surface area contributed by atoms with Gasteiger partial charge in [-0.3, -0.25) is 4.99 Å². The molecule has 1 aromatic rings. The lowest BCUT2D eigenvalue weighted by Crippen LogP contribution is -2.45. The molecule has 1 fully saturated rings. The van der Waals surface area contributed by atoms with Crippen molar-refractivity contribution in [3.63, 3.8) is 0 Å². The highest BCUT2D eigenvalue weighted by Crippen LogP contribution is 2.21. The predicted octanol–water partition coefficient (Wildman–Crippen LogP) is 2.29. The van der Waals surface area contributed by atoms with E-state index in [9.17, 15) is 9.18 Å². The van der Waals surface area contributed by atoms with E-state index in [-0.39, 0.29) is 17.2 Å². The Labute approximate surface area is 162 Å². The van der Waals surface area contributed by atoms with Gasteiger partial charge in [-0.2, -0.15) is 0 Å². The van der Waals surface area contributed by atoms with Crippen LogP contribution in [0.2, 0.25) is 5.02 Å². The number of amides is 2. The fourth-order valence-corrected chi connectivity index (χ4v) is 3.43. The van der Waals surface area contributed by atoms with Crippen LogP contribution in [0.25, 0.3) is 0 Å². The first-order valence-electron chi connectivity index (χ1n) is 8.76. The van der Waals surface area contributed by atoms with Gasteiger partial charge < -0.3 is 25.6 Å². The van der Waals surface area contributed by atoms with Gasteiger partial charge >= 0.3 is 6.03 Å². The van der Waals surface area contributed by atoms with Crippen LogP contribution in [0.5, 0.6) is 0 Å². The van der Waals surface area contributed by atoms with Crippen LogP contribution in [0.1, 0.15) is 6.42 Å². The fraction of sp³-hybridized carbons (Fsp3) is 0.444. The maximum atomic E-state index is 13.3. The SMILES string of the molecule is COC1CCN(C(=CN)C2=NCCN(C(=O)Nc3ccc(F)c(Cl)c3)C2)C1. The molecule has 0 radical (unpaired) electrons. The quantitative estimate of drug-likeness (QED) is 0.819. The Hall–Kier alpha value is -2.32. The largest absolute Gasteiger partial charge is 0.403 e. The van der Waals surface area contributed by atoms with Gasteiger partial charge in [0.15, 0.2) is 0 Å². The Morgan fingerprint density at radius 3 is 2.93 bits per heavy atom. The van der Waals surface area contributed by atoms with Gasteiger partial charge in [0, 0.05) is 38.6 Å². The van der Waals surface area contributed by atoms with Gasteiger partial charge in [-0.15, -0.1) is 0 Å². The van der Waals surface area contributed by atoms with E-state index in [2.05, 4.69) is 15.2 Å². The lowest BCUT2D eigenvalue weighted by molar-refractivity contribution is 0.112. The normalized spacial score (nSPS) is 20.6. The molecule has 1 atom stereocenters. The third kappa shape index (κ3) is 4.51. The summed E-state index contributed by atoms with van der Waals surface area (Å²) in [4.78, 5) is 20.9. The van der Waals surface area contributed by atoms with Crippen LogP contribution in [0, 0.1) is 5.82 Å². The van der Waals surface area contributed by atoms with E-state index in [0.717, 1.165) is 30.9 Å². The van der Waals surface area contributed by atoms with Gasteiger partial charge in [-0.25, -0.2) is 9.18 Å². The molecule has 2 aliphatic heterocycles. The van der Waals surface area contributed by atoms with Crippen LogP contribution in [0.15, 0.2) is 35.1 Å². The first kappa shape index (κ1) is 19.4. The second kappa shape index (κ2) is 8.58. The van der Waals surface area contributed by atoms with E-state index in [4.69, 9.17) is 22.1 Å². The third-order valence-electron chi connectivity index (χ3n) is 4.74.